The molecule has 0 aromatic carbocycles. The van der Waals surface area contributed by atoms with Gasteiger partial charge in [0.15, 0.2) is 0 Å². The van der Waals surface area contributed by atoms with Crippen LogP contribution in [-0.2, 0) is 0 Å². The summed E-state index contributed by atoms with van der Waals surface area (Å²) in [7, 11) is 0. The Morgan fingerprint density at radius 3 is 2.06 bits per heavy atom. The molecule has 1 nitrogen and oxygen atoms in total. The quantitative estimate of drug-likeness (QED) is 0.602. The van der Waals surface area contributed by atoms with Gasteiger partial charge in [-0.2, -0.15) is 0 Å². The fourth-order valence-electron chi connectivity index (χ4n) is 2.03. The van der Waals surface area contributed by atoms with Crippen LogP contribution in [0.5, 0.6) is 0 Å². The monoisotopic (exact) mass is 228 g/mol. The Kier molecular flexibility index (Phi) is 8.09. The van der Waals surface area contributed by atoms with E-state index in [1.807, 2.05) is 6.92 Å². The molecular formula is C15H32O. The van der Waals surface area contributed by atoms with E-state index < -0.39 is 5.60 Å². The highest BCUT2D eigenvalue weighted by atomic mass is 16.3. The van der Waals surface area contributed by atoms with E-state index in [4.69, 9.17) is 0 Å². The first-order valence-corrected chi connectivity index (χ1v) is 7.09. The Bertz CT molecular complexity index is 161. The second-order valence-corrected chi connectivity index (χ2v) is 6.17. The molecule has 0 aromatic heterocycles. The topological polar surface area (TPSA) is 20.2 Å². The molecule has 0 spiro atoms. The van der Waals surface area contributed by atoms with E-state index in [0.29, 0.717) is 0 Å². The van der Waals surface area contributed by atoms with E-state index in [-0.39, 0.29) is 0 Å². The van der Waals surface area contributed by atoms with Crippen molar-refractivity contribution in [3.05, 3.63) is 0 Å². The van der Waals surface area contributed by atoms with Crippen LogP contribution >= 0.6 is 0 Å². The molecule has 0 heterocycles. The minimum Gasteiger partial charge on any atom is -0.390 e. The van der Waals surface area contributed by atoms with Crippen molar-refractivity contribution in [3.63, 3.8) is 0 Å². The third kappa shape index (κ3) is 9.21. The maximum Gasteiger partial charge on any atom is 0.0617 e. The van der Waals surface area contributed by atoms with Crippen LogP contribution in [0.1, 0.15) is 79.6 Å². The van der Waals surface area contributed by atoms with Crippen molar-refractivity contribution in [2.75, 3.05) is 0 Å². The zero-order valence-corrected chi connectivity index (χ0v) is 12.1. The van der Waals surface area contributed by atoms with Gasteiger partial charge in [-0.25, -0.2) is 0 Å². The Balaban J connectivity index is 3.47. The zero-order chi connectivity index (χ0) is 12.6. The third-order valence-electron chi connectivity index (χ3n) is 3.65. The van der Waals surface area contributed by atoms with Crippen molar-refractivity contribution >= 4 is 0 Å². The molecule has 0 bridgehead atoms. The van der Waals surface area contributed by atoms with Crippen LogP contribution in [0.25, 0.3) is 0 Å². The summed E-state index contributed by atoms with van der Waals surface area (Å²) in [5.41, 5.74) is -0.433. The smallest absolute Gasteiger partial charge is 0.0617 e. The van der Waals surface area contributed by atoms with E-state index in [1.165, 1.54) is 32.1 Å². The molecule has 0 saturated carbocycles. The first-order valence-electron chi connectivity index (χ1n) is 7.09. The van der Waals surface area contributed by atoms with Crippen molar-refractivity contribution in [1.29, 1.82) is 0 Å². The standard InChI is InChI=1S/C15H32O/c1-6-15(5,16)12-8-11-14(4)10-7-9-13(2)3/h13-14,16H,6-12H2,1-5H3/t14-,15+/m1/s1. The largest absolute Gasteiger partial charge is 0.390 e. The molecule has 98 valence electrons. The lowest BCUT2D eigenvalue weighted by molar-refractivity contribution is 0.0432. The molecule has 0 aliphatic rings. The average molecular weight is 228 g/mol. The number of rotatable bonds is 9. The molecular weight excluding hydrogens is 196 g/mol. The van der Waals surface area contributed by atoms with Gasteiger partial charge in [-0.05, 0) is 31.6 Å². The van der Waals surface area contributed by atoms with Crippen LogP contribution in [0.4, 0.5) is 0 Å². The van der Waals surface area contributed by atoms with Crippen LogP contribution in [0.2, 0.25) is 0 Å². The van der Waals surface area contributed by atoms with Crippen molar-refractivity contribution in [2.45, 2.75) is 85.2 Å². The number of hydrogen-bond donors (Lipinski definition) is 1. The van der Waals surface area contributed by atoms with Gasteiger partial charge in [0.2, 0.25) is 0 Å². The minimum atomic E-state index is -0.433. The summed E-state index contributed by atoms with van der Waals surface area (Å²) in [6.07, 6.45) is 8.34. The lowest BCUT2D eigenvalue weighted by Crippen LogP contribution is -2.22. The lowest BCUT2D eigenvalue weighted by atomic mass is 9.91. The number of hydrogen-bond acceptors (Lipinski definition) is 1. The summed E-state index contributed by atoms with van der Waals surface area (Å²) < 4.78 is 0. The SMILES string of the molecule is CC[C@](C)(O)CCC[C@H](C)CCCC(C)C. The van der Waals surface area contributed by atoms with Crippen molar-refractivity contribution in [2.24, 2.45) is 11.8 Å². The van der Waals surface area contributed by atoms with Gasteiger partial charge in [0, 0.05) is 0 Å². The molecule has 0 aliphatic carbocycles. The van der Waals surface area contributed by atoms with E-state index >= 15 is 0 Å². The van der Waals surface area contributed by atoms with Gasteiger partial charge in [0.05, 0.1) is 5.60 Å². The molecule has 2 atom stereocenters. The minimum absolute atomic E-state index is 0.433. The molecule has 0 unspecified atom stereocenters. The fourth-order valence-corrected chi connectivity index (χ4v) is 2.03. The average Bonchev–Trinajstić information content (AvgIpc) is 2.17. The molecule has 0 amide bonds. The van der Waals surface area contributed by atoms with Gasteiger partial charge in [-0.1, -0.05) is 59.8 Å². The summed E-state index contributed by atoms with van der Waals surface area (Å²) in [6, 6.07) is 0. The maximum atomic E-state index is 9.88. The summed E-state index contributed by atoms with van der Waals surface area (Å²) in [6.45, 7) is 11.0. The predicted molar refractivity (Wildman–Crippen MR) is 72.6 cm³/mol. The van der Waals surface area contributed by atoms with E-state index in [9.17, 15) is 5.11 Å². The van der Waals surface area contributed by atoms with Crippen molar-refractivity contribution in [1.82, 2.24) is 0 Å². The maximum absolute atomic E-state index is 9.88. The van der Waals surface area contributed by atoms with Crippen molar-refractivity contribution in [3.8, 4) is 0 Å². The van der Waals surface area contributed by atoms with E-state index in [1.54, 1.807) is 0 Å². The van der Waals surface area contributed by atoms with Crippen molar-refractivity contribution < 1.29 is 5.11 Å². The third-order valence-corrected chi connectivity index (χ3v) is 3.65. The van der Waals surface area contributed by atoms with E-state index in [2.05, 4.69) is 27.7 Å². The van der Waals surface area contributed by atoms with Crippen LogP contribution in [0.3, 0.4) is 0 Å². The summed E-state index contributed by atoms with van der Waals surface area (Å²) in [5, 5.41) is 9.88. The van der Waals surface area contributed by atoms with Gasteiger partial charge in [-0.3, -0.25) is 0 Å². The van der Waals surface area contributed by atoms with Gasteiger partial charge < -0.3 is 5.11 Å². The molecule has 0 saturated heterocycles. The molecule has 16 heavy (non-hydrogen) atoms. The van der Waals surface area contributed by atoms with Gasteiger partial charge in [0.1, 0.15) is 0 Å². The summed E-state index contributed by atoms with van der Waals surface area (Å²) in [4.78, 5) is 0. The van der Waals surface area contributed by atoms with Crippen LogP contribution in [0.15, 0.2) is 0 Å². The summed E-state index contributed by atoms with van der Waals surface area (Å²) in [5.74, 6) is 1.67. The summed E-state index contributed by atoms with van der Waals surface area (Å²) >= 11 is 0. The van der Waals surface area contributed by atoms with Crippen LogP contribution in [-0.4, -0.2) is 10.7 Å². The second-order valence-electron chi connectivity index (χ2n) is 6.17. The predicted octanol–water partition coefficient (Wildman–Crippen LogP) is 4.78. The molecule has 0 fully saturated rings. The molecule has 0 rings (SSSR count). The van der Waals surface area contributed by atoms with Gasteiger partial charge >= 0.3 is 0 Å². The Labute approximate surface area is 103 Å². The van der Waals surface area contributed by atoms with Gasteiger partial charge in [0.25, 0.3) is 0 Å². The molecule has 0 radical (unpaired) electrons. The highest BCUT2D eigenvalue weighted by molar-refractivity contribution is 4.70. The molecule has 1 heteroatoms. The number of aliphatic hydroxyl groups is 1. The Hall–Kier alpha value is -0.0400. The normalized spacial score (nSPS) is 17.4. The first kappa shape index (κ1) is 16.0. The second kappa shape index (κ2) is 8.11. The molecule has 1 N–H and O–H groups in total. The van der Waals surface area contributed by atoms with Gasteiger partial charge in [-0.15, -0.1) is 0 Å². The zero-order valence-electron chi connectivity index (χ0n) is 12.1. The lowest BCUT2D eigenvalue weighted by Gasteiger charge is -2.22. The molecule has 0 aromatic rings. The van der Waals surface area contributed by atoms with Crippen LogP contribution < -0.4 is 0 Å². The van der Waals surface area contributed by atoms with Crippen LogP contribution in [0, 0.1) is 11.8 Å². The highest BCUT2D eigenvalue weighted by Crippen LogP contribution is 2.22. The fraction of sp³-hybridized carbons (Fsp3) is 1.00. The first-order chi connectivity index (χ1) is 7.37. The Morgan fingerprint density at radius 2 is 1.56 bits per heavy atom. The van der Waals surface area contributed by atoms with E-state index in [0.717, 1.165) is 24.7 Å². The Morgan fingerprint density at radius 1 is 1.00 bits per heavy atom. The molecule has 0 aliphatic heterocycles. The highest BCUT2D eigenvalue weighted by Gasteiger charge is 2.16.